The van der Waals surface area contributed by atoms with Gasteiger partial charge in [-0.2, -0.15) is 0 Å². The van der Waals surface area contributed by atoms with Crippen LogP contribution < -0.4 is 0 Å². The van der Waals surface area contributed by atoms with Gasteiger partial charge in [0.15, 0.2) is 0 Å². The first kappa shape index (κ1) is 9.95. The van der Waals surface area contributed by atoms with Crippen LogP contribution in [0.2, 0.25) is 0 Å². The topological polar surface area (TPSA) is 22.4 Å². The molecule has 1 fully saturated rings. The Balaban J connectivity index is 1.74. The highest BCUT2D eigenvalue weighted by atomic mass is 16.5. The van der Waals surface area contributed by atoms with Crippen molar-refractivity contribution in [3.8, 4) is 0 Å². The molecule has 90 valence electrons. The van der Waals surface area contributed by atoms with Gasteiger partial charge in [-0.1, -0.05) is 11.1 Å². The molecule has 1 aromatic rings. The Hall–Kier alpha value is -1.02. The first-order valence-corrected chi connectivity index (χ1v) is 6.56. The molecular weight excluding hydrogens is 212 g/mol. The lowest BCUT2D eigenvalue weighted by atomic mass is 9.81. The van der Waals surface area contributed by atoms with E-state index in [4.69, 9.17) is 9.15 Å². The lowest BCUT2D eigenvalue weighted by Crippen LogP contribution is -2.17. The fraction of sp³-hybridized carbons (Fsp3) is 0.600. The summed E-state index contributed by atoms with van der Waals surface area (Å²) in [6.07, 6.45) is 5.58. The molecule has 1 aromatic heterocycles. The van der Waals surface area contributed by atoms with Crippen molar-refractivity contribution in [2.24, 2.45) is 17.8 Å². The summed E-state index contributed by atoms with van der Waals surface area (Å²) in [4.78, 5) is 0. The molecule has 2 heteroatoms. The maximum Gasteiger partial charge on any atom is 0.108 e. The average molecular weight is 230 g/mol. The van der Waals surface area contributed by atoms with Gasteiger partial charge >= 0.3 is 0 Å². The van der Waals surface area contributed by atoms with Crippen LogP contribution in [0.5, 0.6) is 0 Å². The molecule has 3 aliphatic rings. The third kappa shape index (κ3) is 1.25. The Bertz CT molecular complexity index is 509. The van der Waals surface area contributed by atoms with Gasteiger partial charge in [-0.3, -0.25) is 0 Å². The Morgan fingerprint density at radius 1 is 1.41 bits per heavy atom. The molecule has 17 heavy (non-hydrogen) atoms. The van der Waals surface area contributed by atoms with E-state index in [1.54, 1.807) is 18.3 Å². The molecular formula is C15H18O2. The number of hydrogen-bond acceptors (Lipinski definition) is 2. The summed E-state index contributed by atoms with van der Waals surface area (Å²) in [6.45, 7) is 3.03. The van der Waals surface area contributed by atoms with Crippen molar-refractivity contribution in [3.05, 3.63) is 34.3 Å². The van der Waals surface area contributed by atoms with Crippen LogP contribution in [0.3, 0.4) is 0 Å². The SMILES string of the molecule is COCc1coc2c1CC1=C(C)[C@H]3C[C@H]3[C@@H]1C2. The van der Waals surface area contributed by atoms with E-state index in [-0.39, 0.29) is 0 Å². The minimum Gasteiger partial charge on any atom is -0.469 e. The van der Waals surface area contributed by atoms with Crippen LogP contribution in [0.25, 0.3) is 0 Å². The van der Waals surface area contributed by atoms with E-state index in [1.165, 1.54) is 23.3 Å². The summed E-state index contributed by atoms with van der Waals surface area (Å²) >= 11 is 0. The van der Waals surface area contributed by atoms with Crippen molar-refractivity contribution in [1.82, 2.24) is 0 Å². The summed E-state index contributed by atoms with van der Waals surface area (Å²) in [5.41, 5.74) is 6.08. The first-order chi connectivity index (χ1) is 8.29. The van der Waals surface area contributed by atoms with Crippen molar-refractivity contribution in [2.75, 3.05) is 7.11 Å². The van der Waals surface area contributed by atoms with E-state index >= 15 is 0 Å². The number of furan rings is 1. The number of allylic oxidation sites excluding steroid dienone is 2. The summed E-state index contributed by atoms with van der Waals surface area (Å²) in [5, 5.41) is 0. The predicted molar refractivity (Wildman–Crippen MR) is 64.6 cm³/mol. The Morgan fingerprint density at radius 2 is 2.29 bits per heavy atom. The third-order valence-electron chi connectivity index (χ3n) is 5.01. The predicted octanol–water partition coefficient (Wildman–Crippen LogP) is 3.11. The second-order valence-corrected chi connectivity index (χ2v) is 5.80. The molecule has 0 aliphatic heterocycles. The van der Waals surface area contributed by atoms with Crippen molar-refractivity contribution in [1.29, 1.82) is 0 Å². The summed E-state index contributed by atoms with van der Waals surface area (Å²) < 4.78 is 11.0. The standard InChI is InChI=1S/C15H18O2/c1-8-10-3-12-9(6-16-2)7-17-15(12)5-14(10)13-4-11(8)13/h7,11,13-14H,3-6H2,1-2H3/t11-,13-,14-/m1/s1. The minimum atomic E-state index is 0.683. The quantitative estimate of drug-likeness (QED) is 0.728. The molecule has 0 amide bonds. The van der Waals surface area contributed by atoms with Crippen molar-refractivity contribution < 1.29 is 9.15 Å². The first-order valence-electron chi connectivity index (χ1n) is 6.56. The van der Waals surface area contributed by atoms with Crippen LogP contribution in [-0.4, -0.2) is 7.11 Å². The molecule has 0 unspecified atom stereocenters. The minimum absolute atomic E-state index is 0.683. The highest BCUT2D eigenvalue weighted by Gasteiger charge is 2.53. The maximum atomic E-state index is 5.75. The molecule has 1 heterocycles. The summed E-state index contributed by atoms with van der Waals surface area (Å²) in [6, 6.07) is 0. The second kappa shape index (κ2) is 3.26. The zero-order valence-electron chi connectivity index (χ0n) is 10.5. The molecule has 2 nitrogen and oxygen atoms in total. The van der Waals surface area contributed by atoms with E-state index in [0.29, 0.717) is 6.61 Å². The number of hydrogen-bond donors (Lipinski definition) is 0. The largest absolute Gasteiger partial charge is 0.469 e. The fourth-order valence-corrected chi connectivity index (χ4v) is 4.01. The lowest BCUT2D eigenvalue weighted by molar-refractivity contribution is 0.183. The van der Waals surface area contributed by atoms with Gasteiger partial charge in [0, 0.05) is 24.7 Å². The molecule has 3 aliphatic carbocycles. The molecule has 0 saturated heterocycles. The maximum absolute atomic E-state index is 5.75. The van der Waals surface area contributed by atoms with Crippen molar-refractivity contribution in [2.45, 2.75) is 32.8 Å². The van der Waals surface area contributed by atoms with Crippen LogP contribution in [0.4, 0.5) is 0 Å². The van der Waals surface area contributed by atoms with Crippen LogP contribution in [-0.2, 0) is 24.2 Å². The molecule has 3 atom stereocenters. The number of fused-ring (bicyclic) bond motifs is 4. The van der Waals surface area contributed by atoms with Gasteiger partial charge in [0.05, 0.1) is 12.9 Å². The van der Waals surface area contributed by atoms with Crippen LogP contribution in [0.1, 0.15) is 30.2 Å². The lowest BCUT2D eigenvalue weighted by Gasteiger charge is -2.23. The van der Waals surface area contributed by atoms with Crippen LogP contribution >= 0.6 is 0 Å². The van der Waals surface area contributed by atoms with E-state index in [0.717, 1.165) is 30.6 Å². The van der Waals surface area contributed by atoms with Gasteiger partial charge in [-0.05, 0) is 37.5 Å². The van der Waals surface area contributed by atoms with Crippen molar-refractivity contribution in [3.63, 3.8) is 0 Å². The van der Waals surface area contributed by atoms with Gasteiger partial charge in [0.1, 0.15) is 5.76 Å². The van der Waals surface area contributed by atoms with Gasteiger partial charge in [0.25, 0.3) is 0 Å². The molecule has 0 aromatic carbocycles. The fourth-order valence-electron chi connectivity index (χ4n) is 4.01. The highest BCUT2D eigenvalue weighted by Crippen LogP contribution is 2.61. The van der Waals surface area contributed by atoms with Crippen LogP contribution in [0, 0.1) is 17.8 Å². The van der Waals surface area contributed by atoms with E-state index < -0.39 is 0 Å². The van der Waals surface area contributed by atoms with Gasteiger partial charge in [-0.25, -0.2) is 0 Å². The number of ether oxygens (including phenoxy) is 1. The average Bonchev–Trinajstić information content (AvgIpc) is 2.98. The van der Waals surface area contributed by atoms with E-state index in [9.17, 15) is 0 Å². The Morgan fingerprint density at radius 3 is 3.12 bits per heavy atom. The van der Waals surface area contributed by atoms with Crippen LogP contribution in [0.15, 0.2) is 21.8 Å². The molecule has 0 spiro atoms. The van der Waals surface area contributed by atoms with Gasteiger partial charge < -0.3 is 9.15 Å². The third-order valence-corrected chi connectivity index (χ3v) is 5.01. The zero-order valence-corrected chi connectivity index (χ0v) is 10.5. The molecule has 1 saturated carbocycles. The number of rotatable bonds is 2. The summed E-state index contributed by atoms with van der Waals surface area (Å²) in [7, 11) is 1.75. The monoisotopic (exact) mass is 230 g/mol. The normalized spacial score (nSPS) is 33.4. The Kier molecular flexibility index (Phi) is 1.91. The highest BCUT2D eigenvalue weighted by molar-refractivity contribution is 5.44. The van der Waals surface area contributed by atoms with E-state index in [1.807, 2.05) is 6.26 Å². The number of methoxy groups -OCH3 is 1. The van der Waals surface area contributed by atoms with E-state index in [2.05, 4.69) is 6.92 Å². The smallest absolute Gasteiger partial charge is 0.108 e. The van der Waals surface area contributed by atoms with Crippen molar-refractivity contribution >= 4 is 0 Å². The zero-order chi connectivity index (χ0) is 11.6. The molecule has 0 N–H and O–H groups in total. The molecule has 0 bridgehead atoms. The van der Waals surface area contributed by atoms with Gasteiger partial charge in [-0.15, -0.1) is 0 Å². The van der Waals surface area contributed by atoms with Gasteiger partial charge in [0.2, 0.25) is 0 Å². The Labute approximate surface area is 102 Å². The second-order valence-electron chi connectivity index (χ2n) is 5.80. The molecule has 0 radical (unpaired) electrons. The summed E-state index contributed by atoms with van der Waals surface area (Å²) in [5.74, 6) is 3.90. The molecule has 4 rings (SSSR count).